The molecule has 2 N–H and O–H groups in total. The van der Waals surface area contributed by atoms with Gasteiger partial charge < -0.3 is 10.6 Å². The third kappa shape index (κ3) is 3.54. The van der Waals surface area contributed by atoms with E-state index < -0.39 is 0 Å². The van der Waals surface area contributed by atoms with Crippen molar-refractivity contribution in [2.24, 2.45) is 0 Å². The van der Waals surface area contributed by atoms with E-state index in [1.807, 2.05) is 24.3 Å². The lowest BCUT2D eigenvalue weighted by Crippen LogP contribution is -2.09. The Morgan fingerprint density at radius 1 is 1.21 bits per heavy atom. The zero-order valence-electron chi connectivity index (χ0n) is 10.3. The first-order chi connectivity index (χ1) is 9.29. The van der Waals surface area contributed by atoms with Crippen molar-refractivity contribution in [1.82, 2.24) is 15.2 Å². The van der Waals surface area contributed by atoms with Crippen molar-refractivity contribution < 1.29 is 0 Å². The van der Waals surface area contributed by atoms with Crippen molar-refractivity contribution in [3.8, 4) is 0 Å². The second kappa shape index (κ2) is 5.40. The Balaban J connectivity index is 1.60. The molecule has 0 aliphatic heterocycles. The fourth-order valence-corrected chi connectivity index (χ4v) is 1.78. The van der Waals surface area contributed by atoms with Gasteiger partial charge in [0.05, 0.1) is 6.20 Å². The average Bonchev–Trinajstić information content (AvgIpc) is 3.23. The van der Waals surface area contributed by atoms with Gasteiger partial charge in [-0.15, -0.1) is 5.10 Å². The van der Waals surface area contributed by atoms with Crippen LogP contribution in [0.3, 0.4) is 0 Å². The molecule has 0 bridgehead atoms. The number of nitrogens with one attached hydrogen (secondary N) is 2. The van der Waals surface area contributed by atoms with E-state index in [1.54, 1.807) is 6.20 Å². The molecule has 0 spiro atoms. The molecule has 1 aliphatic rings. The number of hydrogen-bond acceptors (Lipinski definition) is 5. The topological polar surface area (TPSA) is 62.7 Å². The summed E-state index contributed by atoms with van der Waals surface area (Å²) in [6.07, 6.45) is 3.99. The molecule has 0 saturated heterocycles. The van der Waals surface area contributed by atoms with Crippen LogP contribution < -0.4 is 10.6 Å². The molecule has 3 rings (SSSR count). The molecule has 0 radical (unpaired) electrons. The molecule has 1 aromatic heterocycles. The normalized spacial score (nSPS) is 14.2. The number of rotatable bonds is 5. The lowest BCUT2D eigenvalue weighted by atomic mass is 10.2. The van der Waals surface area contributed by atoms with Crippen LogP contribution in [0.2, 0.25) is 5.02 Å². The molecule has 2 aromatic rings. The summed E-state index contributed by atoms with van der Waals surface area (Å²) in [6, 6.07) is 8.22. The van der Waals surface area contributed by atoms with Crippen molar-refractivity contribution in [2.75, 3.05) is 10.6 Å². The fourth-order valence-electron chi connectivity index (χ4n) is 1.66. The molecule has 98 valence electrons. The fraction of sp³-hybridized carbons (Fsp3) is 0.308. The Morgan fingerprint density at radius 2 is 2.00 bits per heavy atom. The molecule has 1 fully saturated rings. The largest absolute Gasteiger partial charge is 0.365 e. The second-order valence-corrected chi connectivity index (χ2v) is 5.00. The first-order valence-electron chi connectivity index (χ1n) is 6.24. The van der Waals surface area contributed by atoms with Gasteiger partial charge in [-0.2, -0.15) is 10.1 Å². The van der Waals surface area contributed by atoms with Gasteiger partial charge >= 0.3 is 0 Å². The third-order valence-corrected chi connectivity index (χ3v) is 3.11. The van der Waals surface area contributed by atoms with E-state index in [2.05, 4.69) is 25.8 Å². The van der Waals surface area contributed by atoms with Crippen molar-refractivity contribution in [3.05, 3.63) is 41.0 Å². The van der Waals surface area contributed by atoms with Crippen LogP contribution in [-0.2, 0) is 6.54 Å². The van der Waals surface area contributed by atoms with Crippen molar-refractivity contribution >= 4 is 23.4 Å². The Morgan fingerprint density at radius 3 is 2.74 bits per heavy atom. The molecule has 1 aromatic carbocycles. The maximum Gasteiger partial charge on any atom is 0.244 e. The minimum Gasteiger partial charge on any atom is -0.365 e. The maximum atomic E-state index is 5.84. The van der Waals surface area contributed by atoms with Gasteiger partial charge in [0.15, 0.2) is 5.82 Å². The van der Waals surface area contributed by atoms with Crippen LogP contribution in [-0.4, -0.2) is 21.2 Å². The van der Waals surface area contributed by atoms with Gasteiger partial charge in [-0.05, 0) is 30.5 Å². The molecule has 6 heteroatoms. The van der Waals surface area contributed by atoms with Gasteiger partial charge in [0, 0.05) is 17.6 Å². The van der Waals surface area contributed by atoms with E-state index in [0.29, 0.717) is 24.4 Å². The number of halogens is 1. The van der Waals surface area contributed by atoms with Crippen molar-refractivity contribution in [2.45, 2.75) is 25.4 Å². The lowest BCUT2D eigenvalue weighted by molar-refractivity contribution is 0.936. The van der Waals surface area contributed by atoms with Crippen molar-refractivity contribution in [1.29, 1.82) is 0 Å². The van der Waals surface area contributed by atoms with Gasteiger partial charge in [-0.25, -0.2) is 0 Å². The molecular formula is C13H14ClN5. The highest BCUT2D eigenvalue weighted by molar-refractivity contribution is 6.30. The quantitative estimate of drug-likeness (QED) is 0.878. The van der Waals surface area contributed by atoms with Crippen LogP contribution in [0, 0.1) is 0 Å². The van der Waals surface area contributed by atoms with E-state index in [1.165, 1.54) is 12.8 Å². The van der Waals surface area contributed by atoms with Gasteiger partial charge in [-0.1, -0.05) is 23.7 Å². The first kappa shape index (κ1) is 12.2. The van der Waals surface area contributed by atoms with E-state index in [4.69, 9.17) is 11.6 Å². The van der Waals surface area contributed by atoms with Gasteiger partial charge in [-0.3, -0.25) is 0 Å². The predicted octanol–water partition coefficient (Wildman–Crippen LogP) is 2.71. The summed E-state index contributed by atoms with van der Waals surface area (Å²) >= 11 is 5.84. The summed E-state index contributed by atoms with van der Waals surface area (Å²) in [5, 5.41) is 15.1. The molecule has 1 saturated carbocycles. The van der Waals surface area contributed by atoms with E-state index >= 15 is 0 Å². The summed E-state index contributed by atoms with van der Waals surface area (Å²) in [5.74, 6) is 1.30. The SMILES string of the molecule is Clc1ccc(CNc2cnnc(NC3CC3)n2)cc1. The highest BCUT2D eigenvalue weighted by atomic mass is 35.5. The number of hydrogen-bond donors (Lipinski definition) is 2. The third-order valence-electron chi connectivity index (χ3n) is 2.86. The molecule has 19 heavy (non-hydrogen) atoms. The van der Waals surface area contributed by atoms with E-state index in [-0.39, 0.29) is 0 Å². The van der Waals surface area contributed by atoms with Crippen LogP contribution in [0.25, 0.3) is 0 Å². The Bertz CT molecular complexity index is 553. The van der Waals surface area contributed by atoms with Crippen LogP contribution in [0.15, 0.2) is 30.5 Å². The first-order valence-corrected chi connectivity index (χ1v) is 6.62. The molecule has 0 amide bonds. The Labute approximate surface area is 116 Å². The Kier molecular flexibility index (Phi) is 3.46. The predicted molar refractivity (Wildman–Crippen MR) is 75.3 cm³/mol. The van der Waals surface area contributed by atoms with E-state index in [0.717, 1.165) is 10.6 Å². The van der Waals surface area contributed by atoms with Crippen LogP contribution >= 0.6 is 11.6 Å². The van der Waals surface area contributed by atoms with Gasteiger partial charge in [0.25, 0.3) is 0 Å². The summed E-state index contributed by atoms with van der Waals surface area (Å²) < 4.78 is 0. The highest BCUT2D eigenvalue weighted by Crippen LogP contribution is 2.22. The molecule has 1 heterocycles. The standard InChI is InChI=1S/C13H14ClN5/c14-10-3-1-9(2-4-10)7-15-12-8-16-19-13(18-12)17-11-5-6-11/h1-4,8,11H,5-7H2,(H2,15,17,18,19). The number of anilines is 2. The summed E-state index contributed by atoms with van der Waals surface area (Å²) in [6.45, 7) is 0.679. The van der Waals surface area contributed by atoms with Gasteiger partial charge in [0.2, 0.25) is 5.95 Å². The van der Waals surface area contributed by atoms with Crippen LogP contribution in [0.1, 0.15) is 18.4 Å². The van der Waals surface area contributed by atoms with Crippen molar-refractivity contribution in [3.63, 3.8) is 0 Å². The summed E-state index contributed by atoms with van der Waals surface area (Å²) in [7, 11) is 0. The van der Waals surface area contributed by atoms with Crippen LogP contribution in [0.4, 0.5) is 11.8 Å². The number of nitrogens with zero attached hydrogens (tertiary/aromatic N) is 3. The van der Waals surface area contributed by atoms with Gasteiger partial charge in [0.1, 0.15) is 0 Å². The highest BCUT2D eigenvalue weighted by Gasteiger charge is 2.22. The number of benzene rings is 1. The molecule has 0 unspecified atom stereocenters. The number of aromatic nitrogens is 3. The minimum atomic E-state index is 0.522. The average molecular weight is 276 g/mol. The lowest BCUT2D eigenvalue weighted by Gasteiger charge is -2.07. The monoisotopic (exact) mass is 275 g/mol. The second-order valence-electron chi connectivity index (χ2n) is 4.56. The summed E-state index contributed by atoms with van der Waals surface area (Å²) in [4.78, 5) is 4.36. The van der Waals surface area contributed by atoms with E-state index in [9.17, 15) is 0 Å². The molecular weight excluding hydrogens is 262 g/mol. The zero-order valence-corrected chi connectivity index (χ0v) is 11.1. The molecule has 1 aliphatic carbocycles. The molecule has 0 atom stereocenters. The Hall–Kier alpha value is -1.88. The molecule has 5 nitrogen and oxygen atoms in total. The minimum absolute atomic E-state index is 0.522. The van der Waals surface area contributed by atoms with Crippen LogP contribution in [0.5, 0.6) is 0 Å². The smallest absolute Gasteiger partial charge is 0.244 e. The summed E-state index contributed by atoms with van der Waals surface area (Å²) in [5.41, 5.74) is 1.14. The zero-order chi connectivity index (χ0) is 13.1. The maximum absolute atomic E-state index is 5.84.